The maximum Gasteiger partial charge on any atom is 0.317 e. The van der Waals surface area contributed by atoms with Gasteiger partial charge in [0.1, 0.15) is 0 Å². The van der Waals surface area contributed by atoms with E-state index < -0.39 is 23.9 Å². The molecule has 0 aliphatic heterocycles. The molecule has 0 saturated carbocycles. The third-order valence-electron chi connectivity index (χ3n) is 4.40. The molecule has 0 heterocycles. The van der Waals surface area contributed by atoms with Gasteiger partial charge in [-0.2, -0.15) is 0 Å². The van der Waals surface area contributed by atoms with Crippen molar-refractivity contribution in [1.82, 2.24) is 20.0 Å². The Morgan fingerprint density at radius 1 is 0.562 bits per heavy atom. The number of carbonyl (C=O) groups is 5. The van der Waals surface area contributed by atoms with E-state index >= 15 is 0 Å². The number of hydrogen-bond donors (Lipinski definition) is 5. The van der Waals surface area contributed by atoms with Crippen LogP contribution in [-0.4, -0.2) is 136 Å². The summed E-state index contributed by atoms with van der Waals surface area (Å²) in [5.74, 6) is -4.46. The van der Waals surface area contributed by atoms with Gasteiger partial charge < -0.3 is 36.1 Å². The minimum Gasteiger partial charge on any atom is -0.481 e. The van der Waals surface area contributed by atoms with Gasteiger partial charge in [-0.15, -0.1) is 0 Å². The molecular weight excluding hydrogens is 432 g/mol. The van der Waals surface area contributed by atoms with Crippen LogP contribution in [0.4, 0.5) is 0 Å². The molecule has 32 heavy (non-hydrogen) atoms. The predicted octanol–water partition coefficient (Wildman–Crippen LogP) is -2.68. The van der Waals surface area contributed by atoms with Crippen LogP contribution in [0.15, 0.2) is 0 Å². The second kappa shape index (κ2) is 17.8. The van der Waals surface area contributed by atoms with Gasteiger partial charge in [0.25, 0.3) is 0 Å². The molecule has 14 heteroatoms. The number of likely N-dealkylation sites (N-methyl/N-ethyl adjacent to an activating group) is 1. The average Bonchev–Trinajstić information content (AvgIpc) is 2.67. The molecular formula is C18H34N4O10. The minimum atomic E-state index is -1.10. The van der Waals surface area contributed by atoms with Crippen LogP contribution >= 0.6 is 0 Å². The molecule has 0 aliphatic rings. The molecule has 0 spiro atoms. The summed E-state index contributed by atoms with van der Waals surface area (Å²) in [5, 5.41) is 38.1. The fourth-order valence-corrected chi connectivity index (χ4v) is 2.68. The normalized spacial score (nSPS) is 10.8. The number of nitrogens with one attached hydrogen (secondary N) is 1. The third kappa shape index (κ3) is 18.0. The molecule has 0 saturated heterocycles. The minimum absolute atomic E-state index is 0. The van der Waals surface area contributed by atoms with Crippen molar-refractivity contribution in [2.45, 2.75) is 19.3 Å². The van der Waals surface area contributed by atoms with Gasteiger partial charge in [-0.05, 0) is 0 Å². The lowest BCUT2D eigenvalue weighted by molar-refractivity contribution is -0.141. The second-order valence-corrected chi connectivity index (χ2v) is 6.89. The SMILES string of the molecule is CNC(=O)CN(CCC(=O)O)CCN(CCC(=O)O)CCN(CCC(=O)O)CC(=O)O.O. The van der Waals surface area contributed by atoms with E-state index in [-0.39, 0.29) is 76.5 Å². The van der Waals surface area contributed by atoms with Crippen LogP contribution in [0.1, 0.15) is 19.3 Å². The van der Waals surface area contributed by atoms with Crippen molar-refractivity contribution in [3.05, 3.63) is 0 Å². The van der Waals surface area contributed by atoms with E-state index in [4.69, 9.17) is 20.4 Å². The maximum atomic E-state index is 11.7. The zero-order chi connectivity index (χ0) is 23.8. The van der Waals surface area contributed by atoms with Crippen LogP contribution in [0.3, 0.4) is 0 Å². The highest BCUT2D eigenvalue weighted by molar-refractivity contribution is 5.77. The van der Waals surface area contributed by atoms with Crippen LogP contribution in [0.5, 0.6) is 0 Å². The number of hydrogen-bond acceptors (Lipinski definition) is 8. The van der Waals surface area contributed by atoms with Crippen molar-refractivity contribution in [3.63, 3.8) is 0 Å². The van der Waals surface area contributed by atoms with Crippen molar-refractivity contribution in [2.75, 3.05) is 66.0 Å². The lowest BCUT2D eigenvalue weighted by atomic mass is 10.3. The number of aliphatic carboxylic acids is 4. The molecule has 0 aliphatic carbocycles. The van der Waals surface area contributed by atoms with Gasteiger partial charge in [0.2, 0.25) is 5.91 Å². The standard InChI is InChI=1S/C18H32N4O9.H2O/c1-19-14(23)12-21(6-3-16(26)27)10-8-20(5-2-15(24)25)9-11-22(13-18(30)31)7-4-17(28)29;/h2-13H2,1H3,(H,19,23)(H,24,25)(H,26,27)(H,28,29)(H,30,31);1H2. The molecule has 0 radical (unpaired) electrons. The molecule has 0 atom stereocenters. The zero-order valence-electron chi connectivity index (χ0n) is 18.2. The van der Waals surface area contributed by atoms with Crippen LogP contribution in [-0.2, 0) is 24.0 Å². The summed E-state index contributed by atoms with van der Waals surface area (Å²) in [7, 11) is 1.46. The van der Waals surface area contributed by atoms with Crippen molar-refractivity contribution in [1.29, 1.82) is 0 Å². The van der Waals surface area contributed by atoms with Crippen molar-refractivity contribution < 1.29 is 49.9 Å². The molecule has 0 aromatic carbocycles. The molecule has 0 rings (SSSR count). The first-order valence-corrected chi connectivity index (χ1v) is 9.78. The molecule has 0 unspecified atom stereocenters. The first-order valence-electron chi connectivity index (χ1n) is 9.78. The Morgan fingerprint density at radius 2 is 0.906 bits per heavy atom. The Hall–Kier alpha value is -2.81. The lowest BCUT2D eigenvalue weighted by Crippen LogP contribution is -2.44. The van der Waals surface area contributed by atoms with E-state index in [2.05, 4.69) is 5.32 Å². The fraction of sp³-hybridized carbons (Fsp3) is 0.722. The lowest BCUT2D eigenvalue weighted by Gasteiger charge is -2.29. The predicted molar refractivity (Wildman–Crippen MR) is 111 cm³/mol. The number of nitrogens with zero attached hydrogens (tertiary/aromatic N) is 3. The number of amides is 1. The average molecular weight is 466 g/mol. The van der Waals surface area contributed by atoms with E-state index in [0.29, 0.717) is 13.1 Å². The Labute approximate surface area is 185 Å². The van der Waals surface area contributed by atoms with E-state index in [1.165, 1.54) is 11.9 Å². The summed E-state index contributed by atoms with van der Waals surface area (Å²) < 4.78 is 0. The van der Waals surface area contributed by atoms with Gasteiger partial charge in [-0.25, -0.2) is 0 Å². The zero-order valence-corrected chi connectivity index (χ0v) is 18.2. The van der Waals surface area contributed by atoms with Gasteiger partial charge in [-0.3, -0.25) is 33.8 Å². The van der Waals surface area contributed by atoms with Crippen LogP contribution in [0.2, 0.25) is 0 Å². The van der Waals surface area contributed by atoms with E-state index in [1.54, 1.807) is 9.80 Å². The van der Waals surface area contributed by atoms with Gasteiger partial charge in [0.05, 0.1) is 32.4 Å². The topological polar surface area (TPSA) is 220 Å². The molecule has 0 aromatic rings. The van der Waals surface area contributed by atoms with E-state index in [0.717, 1.165) is 0 Å². The van der Waals surface area contributed by atoms with Crippen LogP contribution < -0.4 is 5.32 Å². The van der Waals surface area contributed by atoms with Crippen LogP contribution in [0, 0.1) is 0 Å². The summed E-state index contributed by atoms with van der Waals surface area (Å²) in [6.07, 6.45) is -0.538. The quantitative estimate of drug-likeness (QED) is 0.131. The second-order valence-electron chi connectivity index (χ2n) is 6.89. The maximum absolute atomic E-state index is 11.7. The van der Waals surface area contributed by atoms with Crippen molar-refractivity contribution in [3.8, 4) is 0 Å². The van der Waals surface area contributed by atoms with Gasteiger partial charge in [-0.1, -0.05) is 0 Å². The van der Waals surface area contributed by atoms with Gasteiger partial charge in [0, 0.05) is 52.9 Å². The van der Waals surface area contributed by atoms with Gasteiger partial charge in [0.15, 0.2) is 0 Å². The summed E-state index contributed by atoms with van der Waals surface area (Å²) in [6.45, 7) is 1.10. The van der Waals surface area contributed by atoms with E-state index in [1.807, 2.05) is 0 Å². The number of carbonyl (C=O) groups excluding carboxylic acids is 1. The number of rotatable bonds is 19. The highest BCUT2D eigenvalue weighted by atomic mass is 16.4. The molecule has 0 bridgehead atoms. The van der Waals surface area contributed by atoms with Gasteiger partial charge >= 0.3 is 23.9 Å². The summed E-state index contributed by atoms with van der Waals surface area (Å²) in [5.41, 5.74) is 0. The molecule has 1 amide bonds. The Bertz CT molecular complexity index is 617. The fourth-order valence-electron chi connectivity index (χ4n) is 2.68. The number of carboxylic acid groups (broad SMARTS) is 4. The summed E-state index contributed by atoms with van der Waals surface area (Å²) in [6, 6.07) is 0. The molecule has 14 nitrogen and oxygen atoms in total. The van der Waals surface area contributed by atoms with Crippen LogP contribution in [0.25, 0.3) is 0 Å². The summed E-state index contributed by atoms with van der Waals surface area (Å²) >= 11 is 0. The molecule has 0 fully saturated rings. The van der Waals surface area contributed by atoms with Crippen molar-refractivity contribution in [2.24, 2.45) is 0 Å². The third-order valence-corrected chi connectivity index (χ3v) is 4.40. The Morgan fingerprint density at radius 3 is 1.25 bits per heavy atom. The van der Waals surface area contributed by atoms with E-state index in [9.17, 15) is 24.0 Å². The monoisotopic (exact) mass is 466 g/mol. The molecule has 186 valence electrons. The molecule has 0 aromatic heterocycles. The Kier molecular flexibility index (Phi) is 17.5. The van der Waals surface area contributed by atoms with Crippen molar-refractivity contribution >= 4 is 29.8 Å². The molecule has 7 N–H and O–H groups in total. The highest BCUT2D eigenvalue weighted by Gasteiger charge is 2.17. The number of carboxylic acids is 4. The largest absolute Gasteiger partial charge is 0.481 e. The Balaban J connectivity index is 0. The first kappa shape index (κ1) is 31.4. The summed E-state index contributed by atoms with van der Waals surface area (Å²) in [4.78, 5) is 60.1. The highest BCUT2D eigenvalue weighted by Crippen LogP contribution is 2.00. The smallest absolute Gasteiger partial charge is 0.317 e. The first-order chi connectivity index (χ1) is 14.5.